The third-order valence-electron chi connectivity index (χ3n) is 11.1. The van der Waals surface area contributed by atoms with Crippen molar-refractivity contribution in [3.63, 3.8) is 0 Å². The van der Waals surface area contributed by atoms with E-state index in [0.717, 1.165) is 0 Å². The molecule has 0 atom stereocenters. The third-order valence-corrected chi connectivity index (χ3v) is 11.1. The Morgan fingerprint density at radius 3 is 1.49 bits per heavy atom. The molecule has 7 aromatic rings. The van der Waals surface area contributed by atoms with Gasteiger partial charge in [-0.15, -0.1) is 0 Å². The monoisotopic (exact) mass is 599 g/mol. The molecule has 1 heterocycles. The number of benzene rings is 7. The fourth-order valence-corrected chi connectivity index (χ4v) is 8.98. The Labute approximate surface area is 276 Å². The summed E-state index contributed by atoms with van der Waals surface area (Å²) < 4.78 is 0. The zero-order chi connectivity index (χ0) is 31.3. The lowest BCUT2D eigenvalue weighted by atomic mass is 9.68. The normalized spacial score (nSPS) is 15.3. The molecule has 0 amide bonds. The van der Waals surface area contributed by atoms with Crippen LogP contribution in [0.4, 0.5) is 17.1 Å². The largest absolute Gasteiger partial charge is 0.310 e. The van der Waals surface area contributed by atoms with Crippen molar-refractivity contribution in [3.8, 4) is 33.4 Å². The summed E-state index contributed by atoms with van der Waals surface area (Å²) in [6.07, 6.45) is 0. The second kappa shape index (κ2) is 9.44. The molecule has 0 unspecified atom stereocenters. The van der Waals surface area contributed by atoms with Gasteiger partial charge in [0.2, 0.25) is 0 Å². The van der Waals surface area contributed by atoms with E-state index in [2.05, 4.69) is 183 Å². The first kappa shape index (κ1) is 26.5. The summed E-state index contributed by atoms with van der Waals surface area (Å²) in [4.78, 5) is 2.51. The number of hydrogen-bond acceptors (Lipinski definition) is 1. The van der Waals surface area contributed by atoms with E-state index >= 15 is 0 Å². The van der Waals surface area contributed by atoms with Crippen LogP contribution >= 0.6 is 0 Å². The standard InChI is InChI=1S/C46H33N/c1-45(2)41-27-31(30-15-5-3-6-16-30)25-26-43(41)47(32-17-7-4-8-18-32)44-29-40-36(28-42(44)45)35-21-11-14-24-39(35)46(40)37-22-12-9-19-33(37)34-20-10-13-23-38(34)46/h3-29H,1-2H3. The van der Waals surface area contributed by atoms with Gasteiger partial charge in [-0.25, -0.2) is 0 Å². The molecule has 0 saturated heterocycles. The molecule has 2 aliphatic carbocycles. The van der Waals surface area contributed by atoms with Crippen molar-refractivity contribution >= 4 is 17.1 Å². The second-order valence-electron chi connectivity index (χ2n) is 13.7. The van der Waals surface area contributed by atoms with Crippen molar-refractivity contribution in [2.75, 3.05) is 4.90 Å². The van der Waals surface area contributed by atoms with E-state index in [0.29, 0.717) is 0 Å². The highest BCUT2D eigenvalue weighted by atomic mass is 15.2. The van der Waals surface area contributed by atoms with E-state index in [1.165, 1.54) is 83.8 Å². The minimum absolute atomic E-state index is 0.230. The summed E-state index contributed by atoms with van der Waals surface area (Å²) in [5, 5.41) is 0. The first-order valence-corrected chi connectivity index (χ1v) is 16.6. The lowest BCUT2D eigenvalue weighted by Gasteiger charge is -2.43. The Morgan fingerprint density at radius 1 is 0.362 bits per heavy atom. The van der Waals surface area contributed by atoms with Gasteiger partial charge in [-0.1, -0.05) is 141 Å². The number of para-hydroxylation sites is 1. The van der Waals surface area contributed by atoms with Gasteiger partial charge >= 0.3 is 0 Å². The maximum Gasteiger partial charge on any atom is 0.0726 e. The van der Waals surface area contributed by atoms with Crippen LogP contribution in [0, 0.1) is 0 Å². The lowest BCUT2D eigenvalue weighted by molar-refractivity contribution is 0.631. The van der Waals surface area contributed by atoms with Crippen molar-refractivity contribution in [2.45, 2.75) is 24.7 Å². The van der Waals surface area contributed by atoms with E-state index in [-0.39, 0.29) is 10.8 Å². The van der Waals surface area contributed by atoms with Crippen molar-refractivity contribution < 1.29 is 0 Å². The molecule has 3 aliphatic rings. The molecule has 222 valence electrons. The fourth-order valence-electron chi connectivity index (χ4n) is 8.98. The number of nitrogens with zero attached hydrogens (tertiary/aromatic N) is 1. The van der Waals surface area contributed by atoms with Gasteiger partial charge in [-0.3, -0.25) is 0 Å². The van der Waals surface area contributed by atoms with Gasteiger partial charge in [0.1, 0.15) is 0 Å². The summed E-state index contributed by atoms with van der Waals surface area (Å²) in [5.41, 5.74) is 19.1. The Bertz CT molecular complexity index is 2340. The molecule has 0 aromatic heterocycles. The number of rotatable bonds is 2. The van der Waals surface area contributed by atoms with Crippen LogP contribution in [0.2, 0.25) is 0 Å². The Kier molecular flexibility index (Phi) is 5.33. The number of fused-ring (bicyclic) bond motifs is 12. The predicted molar refractivity (Wildman–Crippen MR) is 195 cm³/mol. The predicted octanol–water partition coefficient (Wildman–Crippen LogP) is 11.8. The van der Waals surface area contributed by atoms with Crippen molar-refractivity contribution in [3.05, 3.63) is 197 Å². The average Bonchev–Trinajstić information content (AvgIpc) is 3.59. The van der Waals surface area contributed by atoms with Gasteiger partial charge in [0, 0.05) is 11.1 Å². The van der Waals surface area contributed by atoms with Gasteiger partial charge in [-0.2, -0.15) is 0 Å². The highest BCUT2D eigenvalue weighted by molar-refractivity contribution is 5.98. The summed E-state index contributed by atoms with van der Waals surface area (Å²) in [7, 11) is 0. The zero-order valence-corrected chi connectivity index (χ0v) is 26.5. The Morgan fingerprint density at radius 2 is 0.872 bits per heavy atom. The summed E-state index contributed by atoms with van der Waals surface area (Å²) >= 11 is 0. The van der Waals surface area contributed by atoms with E-state index in [9.17, 15) is 0 Å². The summed E-state index contributed by atoms with van der Waals surface area (Å²) in [6.45, 7) is 4.82. The van der Waals surface area contributed by atoms with Crippen LogP contribution in [0.15, 0.2) is 164 Å². The van der Waals surface area contributed by atoms with E-state index < -0.39 is 0 Å². The Hall–Kier alpha value is -5.66. The lowest BCUT2D eigenvalue weighted by Crippen LogP contribution is -2.32. The molecule has 47 heavy (non-hydrogen) atoms. The molecule has 7 aromatic carbocycles. The Balaban J connectivity index is 1.31. The van der Waals surface area contributed by atoms with E-state index in [4.69, 9.17) is 0 Å². The quantitative estimate of drug-likeness (QED) is 0.191. The fraction of sp³-hybridized carbons (Fsp3) is 0.0870. The number of anilines is 3. The maximum absolute atomic E-state index is 2.55. The van der Waals surface area contributed by atoms with Crippen molar-refractivity contribution in [1.29, 1.82) is 0 Å². The molecule has 0 N–H and O–H groups in total. The molecular formula is C46H33N. The first-order valence-electron chi connectivity index (χ1n) is 16.6. The molecular weight excluding hydrogens is 567 g/mol. The van der Waals surface area contributed by atoms with Crippen LogP contribution in [-0.2, 0) is 10.8 Å². The van der Waals surface area contributed by atoms with Crippen molar-refractivity contribution in [1.82, 2.24) is 0 Å². The third kappa shape index (κ3) is 3.39. The topological polar surface area (TPSA) is 3.24 Å². The van der Waals surface area contributed by atoms with Crippen LogP contribution in [0.1, 0.15) is 47.2 Å². The zero-order valence-electron chi connectivity index (χ0n) is 26.5. The molecule has 1 spiro atoms. The van der Waals surface area contributed by atoms with Gasteiger partial charge in [0.25, 0.3) is 0 Å². The summed E-state index contributed by atoms with van der Waals surface area (Å²) in [6, 6.07) is 61.1. The van der Waals surface area contributed by atoms with Gasteiger partial charge in [-0.05, 0) is 103 Å². The molecule has 1 nitrogen and oxygen atoms in total. The van der Waals surface area contributed by atoms with Crippen LogP contribution in [0.3, 0.4) is 0 Å². The number of hydrogen-bond donors (Lipinski definition) is 0. The summed E-state index contributed by atoms with van der Waals surface area (Å²) in [5.74, 6) is 0. The van der Waals surface area contributed by atoms with Crippen LogP contribution in [-0.4, -0.2) is 0 Å². The van der Waals surface area contributed by atoms with Gasteiger partial charge < -0.3 is 4.90 Å². The highest BCUT2D eigenvalue weighted by Gasteiger charge is 2.52. The highest BCUT2D eigenvalue weighted by Crippen LogP contribution is 2.65. The van der Waals surface area contributed by atoms with Crippen LogP contribution < -0.4 is 4.90 Å². The minimum atomic E-state index is -0.377. The van der Waals surface area contributed by atoms with Crippen LogP contribution in [0.25, 0.3) is 33.4 Å². The maximum atomic E-state index is 2.55. The molecule has 0 bridgehead atoms. The van der Waals surface area contributed by atoms with Crippen LogP contribution in [0.5, 0.6) is 0 Å². The van der Waals surface area contributed by atoms with Gasteiger partial charge in [0.15, 0.2) is 0 Å². The first-order chi connectivity index (χ1) is 23.1. The van der Waals surface area contributed by atoms with Gasteiger partial charge in [0.05, 0.1) is 16.8 Å². The molecule has 1 heteroatoms. The SMILES string of the molecule is CC1(C)c2cc(-c3ccccc3)ccc2N(c2ccccc2)c2cc3c(cc21)-c1ccccc1C31c2ccccc2-c2ccccc21. The minimum Gasteiger partial charge on any atom is -0.310 e. The van der Waals surface area contributed by atoms with Crippen molar-refractivity contribution in [2.24, 2.45) is 0 Å². The molecule has 1 aliphatic heterocycles. The van der Waals surface area contributed by atoms with E-state index in [1.807, 2.05) is 0 Å². The molecule has 10 rings (SSSR count). The molecule has 0 radical (unpaired) electrons. The second-order valence-corrected chi connectivity index (χ2v) is 13.7. The smallest absolute Gasteiger partial charge is 0.0726 e. The average molecular weight is 600 g/mol. The molecule has 0 saturated carbocycles. The molecule has 0 fully saturated rings. The van der Waals surface area contributed by atoms with E-state index in [1.54, 1.807) is 0 Å².